The average Bonchev–Trinajstić information content (AvgIpc) is 2.85. The van der Waals surface area contributed by atoms with Gasteiger partial charge in [-0.2, -0.15) is 0 Å². The topological polar surface area (TPSA) is 107 Å². The van der Waals surface area contributed by atoms with Crippen molar-refractivity contribution < 1.29 is 9.42 Å². The maximum Gasteiger partial charge on any atom is 0.280 e. The third-order valence-electron chi connectivity index (χ3n) is 1.55. The molecular formula is C9H10ClN5O2. The summed E-state index contributed by atoms with van der Waals surface area (Å²) >= 11 is 5.64. The van der Waals surface area contributed by atoms with Gasteiger partial charge in [-0.3, -0.25) is 4.79 Å². The van der Waals surface area contributed by atoms with E-state index in [9.17, 15) is 4.79 Å². The molecule has 0 bridgehead atoms. The minimum absolute atomic E-state index is 0.0803. The number of pyridine rings is 1. The molecule has 8 heteroatoms. The van der Waals surface area contributed by atoms with Gasteiger partial charge in [0.15, 0.2) is 5.69 Å². The van der Waals surface area contributed by atoms with Gasteiger partial charge in [0.05, 0.1) is 0 Å². The first-order valence-corrected chi connectivity index (χ1v) is 4.93. The van der Waals surface area contributed by atoms with Crippen molar-refractivity contribution in [2.24, 2.45) is 5.73 Å². The van der Waals surface area contributed by atoms with Gasteiger partial charge in [0, 0.05) is 0 Å². The molecule has 0 aliphatic rings. The molecule has 0 atom stereocenters. The predicted octanol–water partition coefficient (Wildman–Crippen LogP) is 0.945. The van der Waals surface area contributed by atoms with Gasteiger partial charge < -0.3 is 11.1 Å². The molecule has 0 aliphatic carbocycles. The maximum absolute atomic E-state index is 11.4. The zero-order valence-electron chi connectivity index (χ0n) is 8.92. The zero-order chi connectivity index (χ0) is 12.7. The van der Waals surface area contributed by atoms with Crippen LogP contribution in [-0.2, 0) is 0 Å². The molecule has 2 aromatic heterocycles. The summed E-state index contributed by atoms with van der Waals surface area (Å²) in [6, 6.07) is 4.89. The van der Waals surface area contributed by atoms with Crippen molar-refractivity contribution in [3.63, 3.8) is 0 Å². The Kier molecular flexibility index (Phi) is 5.05. The van der Waals surface area contributed by atoms with E-state index in [1.807, 2.05) is 0 Å². The van der Waals surface area contributed by atoms with Crippen LogP contribution >= 0.6 is 11.6 Å². The highest BCUT2D eigenvalue weighted by Gasteiger charge is 2.10. The molecule has 3 N–H and O–H groups in total. The van der Waals surface area contributed by atoms with E-state index in [-0.39, 0.29) is 5.69 Å². The summed E-state index contributed by atoms with van der Waals surface area (Å²) in [7, 11) is 1.50. The van der Waals surface area contributed by atoms with Gasteiger partial charge in [0.25, 0.3) is 5.91 Å². The van der Waals surface area contributed by atoms with Crippen molar-refractivity contribution >= 4 is 23.3 Å². The van der Waals surface area contributed by atoms with Crippen LogP contribution in [0.5, 0.6) is 0 Å². The molecule has 2 heterocycles. The Bertz CT molecular complexity index is 474. The van der Waals surface area contributed by atoms with E-state index in [2.05, 4.69) is 31.0 Å². The average molecular weight is 256 g/mol. The molecule has 1 amide bonds. The molecule has 0 radical (unpaired) electrons. The summed E-state index contributed by atoms with van der Waals surface area (Å²) in [5.74, 6) is -0.110. The fraction of sp³-hybridized carbons (Fsp3) is 0.111. The highest BCUT2D eigenvalue weighted by Crippen LogP contribution is 2.09. The molecule has 0 spiro atoms. The standard InChI is InChI=1S/C8H5ClN4O2.CH5N/c9-6-2-1-3-7(11-6)12-8(14)5-4-10-15-13-5;1-2/h1-4H,(H,11,12,14);2H2,1H3. The molecular weight excluding hydrogens is 246 g/mol. The van der Waals surface area contributed by atoms with Crippen LogP contribution in [-0.4, -0.2) is 28.3 Å². The quantitative estimate of drug-likeness (QED) is 0.774. The number of hydrogen-bond donors (Lipinski definition) is 2. The van der Waals surface area contributed by atoms with Gasteiger partial charge in [-0.15, -0.1) is 0 Å². The molecule has 17 heavy (non-hydrogen) atoms. The van der Waals surface area contributed by atoms with E-state index in [0.717, 1.165) is 0 Å². The fourth-order valence-electron chi connectivity index (χ4n) is 0.923. The van der Waals surface area contributed by atoms with Crippen molar-refractivity contribution in [3.05, 3.63) is 35.2 Å². The second-order valence-corrected chi connectivity index (χ2v) is 2.98. The third kappa shape index (κ3) is 3.82. The van der Waals surface area contributed by atoms with E-state index in [1.54, 1.807) is 18.2 Å². The lowest BCUT2D eigenvalue weighted by atomic mass is 10.4. The van der Waals surface area contributed by atoms with E-state index in [1.165, 1.54) is 13.2 Å². The Hall–Kier alpha value is -1.99. The highest BCUT2D eigenvalue weighted by atomic mass is 35.5. The Morgan fingerprint density at radius 1 is 1.47 bits per heavy atom. The van der Waals surface area contributed by atoms with Crippen LogP contribution in [0.15, 0.2) is 29.0 Å². The Labute approximate surface area is 102 Å². The van der Waals surface area contributed by atoms with Gasteiger partial charge in [0.1, 0.15) is 17.2 Å². The minimum atomic E-state index is -0.453. The largest absolute Gasteiger partial charge is 0.333 e. The second kappa shape index (κ2) is 6.56. The molecule has 0 aliphatic heterocycles. The molecule has 0 aromatic carbocycles. The first kappa shape index (κ1) is 13.1. The number of carbonyl (C=O) groups excluding carboxylic acids is 1. The molecule has 90 valence electrons. The van der Waals surface area contributed by atoms with Gasteiger partial charge in [0.2, 0.25) is 0 Å². The molecule has 0 saturated heterocycles. The van der Waals surface area contributed by atoms with Gasteiger partial charge >= 0.3 is 0 Å². The monoisotopic (exact) mass is 255 g/mol. The van der Waals surface area contributed by atoms with Gasteiger partial charge in [-0.1, -0.05) is 22.8 Å². The van der Waals surface area contributed by atoms with Crippen LogP contribution in [0.25, 0.3) is 0 Å². The molecule has 0 unspecified atom stereocenters. The number of amides is 1. The van der Waals surface area contributed by atoms with Gasteiger partial charge in [-0.25, -0.2) is 9.61 Å². The number of rotatable bonds is 2. The van der Waals surface area contributed by atoms with Crippen LogP contribution in [0.1, 0.15) is 10.5 Å². The lowest BCUT2D eigenvalue weighted by Crippen LogP contribution is -2.13. The number of nitrogens with one attached hydrogen (secondary N) is 1. The summed E-state index contributed by atoms with van der Waals surface area (Å²) in [4.78, 5) is 15.3. The second-order valence-electron chi connectivity index (χ2n) is 2.59. The van der Waals surface area contributed by atoms with Crippen molar-refractivity contribution in [1.82, 2.24) is 15.3 Å². The number of nitrogens with two attached hydrogens (primary N) is 1. The van der Waals surface area contributed by atoms with Crippen LogP contribution < -0.4 is 11.1 Å². The number of aromatic nitrogens is 3. The molecule has 0 saturated carbocycles. The SMILES string of the molecule is CN.O=C(Nc1cccc(Cl)n1)c1cnon1. The molecule has 2 rings (SSSR count). The van der Waals surface area contributed by atoms with E-state index in [0.29, 0.717) is 11.0 Å². The summed E-state index contributed by atoms with van der Waals surface area (Å²) < 4.78 is 4.29. The summed E-state index contributed by atoms with van der Waals surface area (Å²) in [6.45, 7) is 0. The van der Waals surface area contributed by atoms with E-state index >= 15 is 0 Å². The van der Waals surface area contributed by atoms with Crippen molar-refractivity contribution in [3.8, 4) is 0 Å². The van der Waals surface area contributed by atoms with Crippen LogP contribution in [0.2, 0.25) is 5.15 Å². The number of nitrogens with zero attached hydrogens (tertiary/aromatic N) is 3. The third-order valence-corrected chi connectivity index (χ3v) is 1.76. The Balaban J connectivity index is 0.000000686. The van der Waals surface area contributed by atoms with E-state index < -0.39 is 5.91 Å². The maximum atomic E-state index is 11.4. The van der Waals surface area contributed by atoms with Gasteiger partial charge in [-0.05, 0) is 24.3 Å². The minimum Gasteiger partial charge on any atom is -0.333 e. The van der Waals surface area contributed by atoms with Crippen LogP contribution in [0.3, 0.4) is 0 Å². The molecule has 2 aromatic rings. The lowest BCUT2D eigenvalue weighted by molar-refractivity contribution is 0.101. The lowest BCUT2D eigenvalue weighted by Gasteiger charge is -2.00. The first-order chi connectivity index (χ1) is 8.25. The highest BCUT2D eigenvalue weighted by molar-refractivity contribution is 6.29. The zero-order valence-corrected chi connectivity index (χ0v) is 9.68. The normalized spacial score (nSPS) is 9.12. The summed E-state index contributed by atoms with van der Waals surface area (Å²) in [5, 5.41) is 9.47. The van der Waals surface area contributed by atoms with Crippen molar-refractivity contribution in [2.75, 3.05) is 12.4 Å². The van der Waals surface area contributed by atoms with Crippen molar-refractivity contribution in [2.45, 2.75) is 0 Å². The number of carbonyl (C=O) groups is 1. The van der Waals surface area contributed by atoms with Crippen LogP contribution in [0, 0.1) is 0 Å². The number of hydrogen-bond acceptors (Lipinski definition) is 6. The summed E-state index contributed by atoms with van der Waals surface area (Å²) in [5.41, 5.74) is 4.58. The Morgan fingerprint density at radius 2 is 2.24 bits per heavy atom. The molecule has 0 fully saturated rings. The smallest absolute Gasteiger partial charge is 0.280 e. The van der Waals surface area contributed by atoms with Crippen LogP contribution in [0.4, 0.5) is 5.82 Å². The number of anilines is 1. The van der Waals surface area contributed by atoms with E-state index in [4.69, 9.17) is 11.6 Å². The predicted molar refractivity (Wildman–Crippen MR) is 61.6 cm³/mol. The fourth-order valence-corrected chi connectivity index (χ4v) is 1.09. The molecule has 7 nitrogen and oxygen atoms in total. The summed E-state index contributed by atoms with van der Waals surface area (Å²) in [6.07, 6.45) is 1.21. The first-order valence-electron chi connectivity index (χ1n) is 4.55. The number of halogens is 1. The Morgan fingerprint density at radius 3 is 2.82 bits per heavy atom. The van der Waals surface area contributed by atoms with Crippen molar-refractivity contribution in [1.29, 1.82) is 0 Å².